The van der Waals surface area contributed by atoms with Gasteiger partial charge >= 0.3 is 5.97 Å². The van der Waals surface area contributed by atoms with Gasteiger partial charge in [0.15, 0.2) is 6.61 Å². The summed E-state index contributed by atoms with van der Waals surface area (Å²) >= 11 is 0. The molecule has 0 bridgehead atoms. The van der Waals surface area contributed by atoms with Crippen LogP contribution < -0.4 is 5.32 Å². The first kappa shape index (κ1) is 21.2. The van der Waals surface area contributed by atoms with E-state index < -0.39 is 36.3 Å². The van der Waals surface area contributed by atoms with E-state index in [9.17, 15) is 19.2 Å². The Kier molecular flexibility index (Phi) is 5.73. The number of rotatable bonds is 5. The average molecular weight is 408 g/mol. The molecule has 2 aromatic carbocycles. The van der Waals surface area contributed by atoms with Gasteiger partial charge in [-0.3, -0.25) is 19.3 Å². The Labute approximate surface area is 175 Å². The van der Waals surface area contributed by atoms with Crippen LogP contribution in [0.4, 0.5) is 5.69 Å². The predicted octanol–water partition coefficient (Wildman–Crippen LogP) is 3.15. The maximum Gasteiger partial charge on any atom is 0.329 e. The molecule has 1 aliphatic heterocycles. The number of fused-ring (bicyclic) bond motifs is 1. The molecule has 2 aromatic rings. The Morgan fingerprint density at radius 3 is 2.00 bits per heavy atom. The summed E-state index contributed by atoms with van der Waals surface area (Å²) in [6.07, 6.45) is 0. The molecular weight excluding hydrogens is 384 g/mol. The highest BCUT2D eigenvalue weighted by molar-refractivity contribution is 6.22. The largest absolute Gasteiger partial charge is 0.454 e. The van der Waals surface area contributed by atoms with Crippen LogP contribution in [-0.4, -0.2) is 41.2 Å². The van der Waals surface area contributed by atoms with Gasteiger partial charge in [0.2, 0.25) is 0 Å². The molecule has 1 atom stereocenters. The van der Waals surface area contributed by atoms with E-state index in [1.54, 1.807) is 24.3 Å². The van der Waals surface area contributed by atoms with Crippen molar-refractivity contribution in [1.29, 1.82) is 0 Å². The van der Waals surface area contributed by atoms with Gasteiger partial charge in [-0.05, 0) is 42.2 Å². The lowest BCUT2D eigenvalue weighted by Gasteiger charge is -2.21. The number of nitrogens with one attached hydrogen (secondary N) is 1. The van der Waals surface area contributed by atoms with E-state index in [1.807, 2.05) is 12.1 Å². The van der Waals surface area contributed by atoms with Gasteiger partial charge in [-0.25, -0.2) is 4.79 Å². The number of nitrogens with zero attached hydrogens (tertiary/aromatic N) is 1. The van der Waals surface area contributed by atoms with Crippen molar-refractivity contribution in [3.05, 3.63) is 65.2 Å². The second kappa shape index (κ2) is 8.10. The summed E-state index contributed by atoms with van der Waals surface area (Å²) in [6, 6.07) is 12.6. The second-order valence-corrected chi connectivity index (χ2v) is 8.19. The minimum Gasteiger partial charge on any atom is -0.454 e. The van der Waals surface area contributed by atoms with Crippen LogP contribution in [0.25, 0.3) is 0 Å². The molecule has 0 radical (unpaired) electrons. The molecule has 30 heavy (non-hydrogen) atoms. The summed E-state index contributed by atoms with van der Waals surface area (Å²) in [5.41, 5.74) is 2.20. The van der Waals surface area contributed by atoms with Crippen LogP contribution in [0.5, 0.6) is 0 Å². The number of imide groups is 1. The van der Waals surface area contributed by atoms with E-state index in [0.29, 0.717) is 5.69 Å². The molecule has 0 unspecified atom stereocenters. The van der Waals surface area contributed by atoms with Crippen molar-refractivity contribution in [1.82, 2.24) is 4.90 Å². The summed E-state index contributed by atoms with van der Waals surface area (Å²) in [4.78, 5) is 50.2. The van der Waals surface area contributed by atoms with E-state index in [1.165, 1.54) is 19.1 Å². The van der Waals surface area contributed by atoms with E-state index in [-0.39, 0.29) is 16.5 Å². The fourth-order valence-electron chi connectivity index (χ4n) is 3.17. The van der Waals surface area contributed by atoms with Crippen LogP contribution in [0.15, 0.2) is 48.5 Å². The molecule has 3 amide bonds. The van der Waals surface area contributed by atoms with Crippen LogP contribution >= 0.6 is 0 Å². The topological polar surface area (TPSA) is 92.8 Å². The highest BCUT2D eigenvalue weighted by atomic mass is 16.5. The fraction of sp³-hybridized carbons (Fsp3) is 0.304. The van der Waals surface area contributed by atoms with Crippen molar-refractivity contribution in [2.45, 2.75) is 39.2 Å². The highest BCUT2D eigenvalue weighted by Gasteiger charge is 2.41. The van der Waals surface area contributed by atoms with E-state index in [0.717, 1.165) is 10.5 Å². The first-order valence-corrected chi connectivity index (χ1v) is 9.63. The molecule has 0 saturated heterocycles. The van der Waals surface area contributed by atoms with Gasteiger partial charge in [-0.2, -0.15) is 0 Å². The van der Waals surface area contributed by atoms with Crippen LogP contribution in [-0.2, 0) is 19.7 Å². The van der Waals surface area contributed by atoms with Crippen LogP contribution in [0.2, 0.25) is 0 Å². The Hall–Kier alpha value is -3.48. The van der Waals surface area contributed by atoms with Crippen molar-refractivity contribution >= 4 is 29.4 Å². The summed E-state index contributed by atoms with van der Waals surface area (Å²) in [5, 5.41) is 2.65. The predicted molar refractivity (Wildman–Crippen MR) is 111 cm³/mol. The number of anilines is 1. The Morgan fingerprint density at radius 2 is 1.50 bits per heavy atom. The number of hydrogen-bond acceptors (Lipinski definition) is 5. The van der Waals surface area contributed by atoms with Crippen molar-refractivity contribution in [3.8, 4) is 0 Å². The molecule has 7 heteroatoms. The van der Waals surface area contributed by atoms with E-state index in [4.69, 9.17) is 4.74 Å². The van der Waals surface area contributed by atoms with Gasteiger partial charge < -0.3 is 10.1 Å². The Morgan fingerprint density at radius 1 is 0.967 bits per heavy atom. The normalized spacial score (nSPS) is 14.3. The molecule has 1 heterocycles. The molecular formula is C23H24N2O5. The summed E-state index contributed by atoms with van der Waals surface area (Å²) in [7, 11) is 0. The van der Waals surface area contributed by atoms with Crippen molar-refractivity contribution in [3.63, 3.8) is 0 Å². The monoisotopic (exact) mass is 408 g/mol. The summed E-state index contributed by atoms with van der Waals surface area (Å²) in [6.45, 7) is 7.15. The fourth-order valence-corrected chi connectivity index (χ4v) is 3.17. The smallest absolute Gasteiger partial charge is 0.329 e. The zero-order valence-electron chi connectivity index (χ0n) is 17.4. The lowest BCUT2D eigenvalue weighted by atomic mass is 9.87. The lowest BCUT2D eigenvalue weighted by molar-refractivity contribution is -0.150. The van der Waals surface area contributed by atoms with Crippen molar-refractivity contribution in [2.75, 3.05) is 11.9 Å². The first-order valence-electron chi connectivity index (χ1n) is 9.63. The van der Waals surface area contributed by atoms with Crippen molar-refractivity contribution in [2.24, 2.45) is 0 Å². The third-order valence-corrected chi connectivity index (χ3v) is 4.93. The third-order valence-electron chi connectivity index (χ3n) is 4.93. The number of carbonyl (C=O) groups is 4. The molecule has 1 N–H and O–H groups in total. The first-order chi connectivity index (χ1) is 14.1. The number of esters is 1. The number of amides is 3. The zero-order chi connectivity index (χ0) is 22.1. The highest BCUT2D eigenvalue weighted by Crippen LogP contribution is 2.25. The van der Waals surface area contributed by atoms with Crippen LogP contribution in [0, 0.1) is 0 Å². The minimum atomic E-state index is -1.14. The van der Waals surface area contributed by atoms with Gasteiger partial charge in [0, 0.05) is 5.69 Å². The lowest BCUT2D eigenvalue weighted by Crippen LogP contribution is -2.44. The van der Waals surface area contributed by atoms with Gasteiger partial charge in [-0.1, -0.05) is 45.0 Å². The van der Waals surface area contributed by atoms with Crippen LogP contribution in [0.1, 0.15) is 54.0 Å². The van der Waals surface area contributed by atoms with E-state index >= 15 is 0 Å². The molecule has 0 aromatic heterocycles. The third kappa shape index (κ3) is 4.25. The SMILES string of the molecule is C[C@H](C(=O)OCC(=O)Nc1ccc(C(C)(C)C)cc1)N1C(=O)c2ccccc2C1=O. The second-order valence-electron chi connectivity index (χ2n) is 8.19. The van der Waals surface area contributed by atoms with Gasteiger partial charge in [0.1, 0.15) is 6.04 Å². The molecule has 0 aliphatic carbocycles. The molecule has 7 nitrogen and oxygen atoms in total. The summed E-state index contributed by atoms with van der Waals surface area (Å²) < 4.78 is 5.03. The maximum atomic E-state index is 12.4. The summed E-state index contributed by atoms with van der Waals surface area (Å²) in [5.74, 6) is -2.45. The number of hydrogen-bond donors (Lipinski definition) is 1. The van der Waals surface area contributed by atoms with E-state index in [2.05, 4.69) is 26.1 Å². The molecule has 0 fully saturated rings. The van der Waals surface area contributed by atoms with Gasteiger partial charge in [0.25, 0.3) is 17.7 Å². The van der Waals surface area contributed by atoms with Crippen molar-refractivity contribution < 1.29 is 23.9 Å². The molecule has 3 rings (SSSR count). The molecule has 156 valence electrons. The maximum absolute atomic E-state index is 12.4. The van der Waals surface area contributed by atoms with Gasteiger partial charge in [0.05, 0.1) is 11.1 Å². The van der Waals surface area contributed by atoms with Gasteiger partial charge in [-0.15, -0.1) is 0 Å². The Balaban J connectivity index is 1.56. The number of benzene rings is 2. The number of carbonyl (C=O) groups excluding carboxylic acids is 4. The average Bonchev–Trinajstić information content (AvgIpc) is 2.96. The standard InChI is InChI=1S/C23H24N2O5/c1-14(25-20(27)17-7-5-6-8-18(17)21(25)28)22(29)30-13-19(26)24-16-11-9-15(10-12-16)23(2,3)4/h5-12,14H,13H2,1-4H3,(H,24,26)/t14-/m1/s1. The molecule has 1 aliphatic rings. The quantitative estimate of drug-likeness (QED) is 0.606. The van der Waals surface area contributed by atoms with Crippen LogP contribution in [0.3, 0.4) is 0 Å². The number of ether oxygens (including phenoxy) is 1. The minimum absolute atomic E-state index is 0.00168. The zero-order valence-corrected chi connectivity index (χ0v) is 17.4. The molecule has 0 spiro atoms. The molecule has 0 saturated carbocycles. The Bertz CT molecular complexity index is 970.